The van der Waals surface area contributed by atoms with Crippen LogP contribution < -0.4 is 10.1 Å². The number of nitrogens with one attached hydrogen (secondary N) is 1. The molecule has 0 bridgehead atoms. The lowest BCUT2D eigenvalue weighted by Gasteiger charge is -2.29. The van der Waals surface area contributed by atoms with Gasteiger partial charge in [0.05, 0.1) is 6.10 Å². The molecule has 1 N–H and O–H groups in total. The highest BCUT2D eigenvalue weighted by atomic mass is 16.5. The third-order valence-electron chi connectivity index (χ3n) is 3.57. The minimum Gasteiger partial charge on any atom is -0.491 e. The molecule has 0 radical (unpaired) electrons. The molecule has 1 unspecified atom stereocenters. The van der Waals surface area contributed by atoms with Crippen LogP contribution in [0.1, 0.15) is 59.9 Å². The van der Waals surface area contributed by atoms with E-state index in [1.54, 1.807) is 0 Å². The zero-order chi connectivity index (χ0) is 15.2. The molecular formula is C18H31NO. The van der Waals surface area contributed by atoms with Crippen LogP contribution in [0.15, 0.2) is 24.3 Å². The van der Waals surface area contributed by atoms with Crippen LogP contribution >= 0.6 is 0 Å². The normalized spacial score (nSPS) is 13.6. The summed E-state index contributed by atoms with van der Waals surface area (Å²) in [6.07, 6.45) is 2.55. The minimum absolute atomic E-state index is 0.177. The predicted molar refractivity (Wildman–Crippen MR) is 87.6 cm³/mol. The van der Waals surface area contributed by atoms with Crippen molar-refractivity contribution in [2.45, 2.75) is 71.9 Å². The Morgan fingerprint density at radius 3 is 2.20 bits per heavy atom. The zero-order valence-corrected chi connectivity index (χ0v) is 14.0. The summed E-state index contributed by atoms with van der Waals surface area (Å²) in [7, 11) is 0. The second-order valence-electron chi connectivity index (χ2n) is 6.63. The maximum atomic E-state index is 5.70. The Morgan fingerprint density at radius 1 is 1.10 bits per heavy atom. The molecule has 114 valence electrons. The first-order valence-electron chi connectivity index (χ1n) is 7.85. The maximum absolute atomic E-state index is 5.70. The summed E-state index contributed by atoms with van der Waals surface area (Å²) in [6, 6.07) is 9.10. The monoisotopic (exact) mass is 277 g/mol. The average Bonchev–Trinajstić information content (AvgIpc) is 2.35. The molecule has 0 saturated heterocycles. The van der Waals surface area contributed by atoms with Gasteiger partial charge in [-0.25, -0.2) is 0 Å². The summed E-state index contributed by atoms with van der Waals surface area (Å²) in [5, 5.41) is 3.57. The van der Waals surface area contributed by atoms with Crippen LogP contribution in [-0.2, 0) is 5.41 Å². The first-order valence-corrected chi connectivity index (χ1v) is 7.85. The van der Waals surface area contributed by atoms with Gasteiger partial charge < -0.3 is 10.1 Å². The summed E-state index contributed by atoms with van der Waals surface area (Å²) >= 11 is 0. The fraction of sp³-hybridized carbons (Fsp3) is 0.667. The van der Waals surface area contributed by atoms with Crippen molar-refractivity contribution < 1.29 is 4.74 Å². The van der Waals surface area contributed by atoms with E-state index in [0.29, 0.717) is 6.04 Å². The van der Waals surface area contributed by atoms with E-state index in [9.17, 15) is 0 Å². The van der Waals surface area contributed by atoms with Crippen LogP contribution in [0.2, 0.25) is 0 Å². The van der Waals surface area contributed by atoms with Gasteiger partial charge in [0, 0.05) is 6.04 Å². The SMILES string of the molecule is CCCNC(C)CC(C)(C)c1ccc(OC(C)C)cc1. The van der Waals surface area contributed by atoms with Crippen LogP contribution in [0.4, 0.5) is 0 Å². The predicted octanol–water partition coefficient (Wildman–Crippen LogP) is 4.53. The Bertz CT molecular complexity index is 381. The molecule has 0 aliphatic carbocycles. The lowest BCUT2D eigenvalue weighted by Crippen LogP contribution is -2.33. The number of hydrogen-bond acceptors (Lipinski definition) is 2. The van der Waals surface area contributed by atoms with E-state index in [4.69, 9.17) is 4.74 Å². The minimum atomic E-state index is 0.177. The summed E-state index contributed by atoms with van der Waals surface area (Å²) in [4.78, 5) is 0. The zero-order valence-electron chi connectivity index (χ0n) is 14.0. The van der Waals surface area contributed by atoms with Gasteiger partial charge in [-0.2, -0.15) is 0 Å². The van der Waals surface area contributed by atoms with E-state index < -0.39 is 0 Å². The van der Waals surface area contributed by atoms with Crippen molar-refractivity contribution in [3.8, 4) is 5.75 Å². The molecule has 0 heterocycles. The van der Waals surface area contributed by atoms with E-state index in [0.717, 1.165) is 18.7 Å². The third kappa shape index (κ3) is 5.54. The number of hydrogen-bond donors (Lipinski definition) is 1. The topological polar surface area (TPSA) is 21.3 Å². The highest BCUT2D eigenvalue weighted by Crippen LogP contribution is 2.30. The van der Waals surface area contributed by atoms with Crippen molar-refractivity contribution in [1.29, 1.82) is 0 Å². The molecule has 0 aromatic heterocycles. The second-order valence-corrected chi connectivity index (χ2v) is 6.63. The van der Waals surface area contributed by atoms with Crippen molar-refractivity contribution in [2.75, 3.05) is 6.54 Å². The molecule has 0 saturated carbocycles. The molecule has 1 rings (SSSR count). The maximum Gasteiger partial charge on any atom is 0.119 e. The van der Waals surface area contributed by atoms with Crippen molar-refractivity contribution in [3.63, 3.8) is 0 Å². The Balaban J connectivity index is 2.66. The van der Waals surface area contributed by atoms with E-state index in [-0.39, 0.29) is 11.5 Å². The Hall–Kier alpha value is -1.02. The highest BCUT2D eigenvalue weighted by Gasteiger charge is 2.23. The number of benzene rings is 1. The average molecular weight is 277 g/mol. The largest absolute Gasteiger partial charge is 0.491 e. The molecular weight excluding hydrogens is 246 g/mol. The van der Waals surface area contributed by atoms with E-state index in [1.165, 1.54) is 12.0 Å². The van der Waals surface area contributed by atoms with Crippen LogP contribution in [0, 0.1) is 0 Å². The first kappa shape index (κ1) is 17.0. The van der Waals surface area contributed by atoms with Crippen molar-refractivity contribution in [3.05, 3.63) is 29.8 Å². The third-order valence-corrected chi connectivity index (χ3v) is 3.57. The van der Waals surface area contributed by atoms with Gasteiger partial charge in [0.25, 0.3) is 0 Å². The molecule has 1 atom stereocenters. The fourth-order valence-electron chi connectivity index (χ4n) is 2.60. The molecule has 0 amide bonds. The highest BCUT2D eigenvalue weighted by molar-refractivity contribution is 5.31. The van der Waals surface area contributed by atoms with Crippen molar-refractivity contribution in [2.24, 2.45) is 0 Å². The smallest absolute Gasteiger partial charge is 0.119 e. The number of rotatable bonds is 8. The van der Waals surface area contributed by atoms with Gasteiger partial charge in [-0.15, -0.1) is 0 Å². The molecule has 0 fully saturated rings. The standard InChI is InChI=1S/C18H31NO/c1-7-12-19-15(4)13-18(5,6)16-8-10-17(11-9-16)20-14(2)3/h8-11,14-15,19H,7,12-13H2,1-6H3. The molecule has 1 aromatic carbocycles. The summed E-state index contributed by atoms with van der Waals surface area (Å²) in [5.74, 6) is 0.955. The molecule has 0 aliphatic rings. The van der Waals surface area contributed by atoms with Gasteiger partial charge in [0.1, 0.15) is 5.75 Å². The quantitative estimate of drug-likeness (QED) is 0.754. The van der Waals surface area contributed by atoms with Gasteiger partial charge in [0.2, 0.25) is 0 Å². The number of ether oxygens (including phenoxy) is 1. The van der Waals surface area contributed by atoms with Crippen LogP contribution in [0.25, 0.3) is 0 Å². The summed E-state index contributed by atoms with van der Waals surface area (Å²) < 4.78 is 5.70. The van der Waals surface area contributed by atoms with Gasteiger partial charge >= 0.3 is 0 Å². The Morgan fingerprint density at radius 2 is 1.70 bits per heavy atom. The van der Waals surface area contributed by atoms with Gasteiger partial charge in [-0.1, -0.05) is 32.9 Å². The van der Waals surface area contributed by atoms with Gasteiger partial charge in [0.15, 0.2) is 0 Å². The van der Waals surface area contributed by atoms with Crippen molar-refractivity contribution >= 4 is 0 Å². The van der Waals surface area contributed by atoms with E-state index in [2.05, 4.69) is 71.1 Å². The van der Waals surface area contributed by atoms with Crippen molar-refractivity contribution in [1.82, 2.24) is 5.32 Å². The molecule has 20 heavy (non-hydrogen) atoms. The van der Waals surface area contributed by atoms with Crippen LogP contribution in [-0.4, -0.2) is 18.7 Å². The molecule has 1 aromatic rings. The van der Waals surface area contributed by atoms with E-state index in [1.807, 2.05) is 0 Å². The van der Waals surface area contributed by atoms with Crippen LogP contribution in [0.3, 0.4) is 0 Å². The molecule has 0 aliphatic heterocycles. The van der Waals surface area contributed by atoms with E-state index >= 15 is 0 Å². The second kappa shape index (κ2) is 7.68. The lowest BCUT2D eigenvalue weighted by atomic mass is 9.79. The molecule has 0 spiro atoms. The Labute approximate surface area is 124 Å². The summed E-state index contributed by atoms with van der Waals surface area (Å²) in [6.45, 7) is 14.3. The lowest BCUT2D eigenvalue weighted by molar-refractivity contribution is 0.242. The fourth-order valence-corrected chi connectivity index (χ4v) is 2.60. The molecule has 2 heteroatoms. The van der Waals surface area contributed by atoms with Gasteiger partial charge in [-0.05, 0) is 63.3 Å². The first-order chi connectivity index (χ1) is 9.35. The summed E-state index contributed by atoms with van der Waals surface area (Å²) in [5.41, 5.74) is 1.55. The molecule has 2 nitrogen and oxygen atoms in total. The van der Waals surface area contributed by atoms with Gasteiger partial charge in [-0.3, -0.25) is 0 Å². The van der Waals surface area contributed by atoms with Crippen LogP contribution in [0.5, 0.6) is 5.75 Å². The Kier molecular flexibility index (Phi) is 6.54.